The van der Waals surface area contributed by atoms with Gasteiger partial charge in [-0.05, 0) is 18.1 Å². The Hall–Kier alpha value is -2.30. The van der Waals surface area contributed by atoms with E-state index in [2.05, 4.69) is 10.3 Å². The van der Waals surface area contributed by atoms with Crippen LogP contribution in [0.2, 0.25) is 0 Å². The maximum Gasteiger partial charge on any atom is 0.326 e. The van der Waals surface area contributed by atoms with Crippen molar-refractivity contribution in [1.82, 2.24) is 10.3 Å². The number of nitrogens with one attached hydrogen (secondary N) is 2. The van der Waals surface area contributed by atoms with Gasteiger partial charge in [-0.2, -0.15) is 0 Å². The molecule has 5 heteroatoms. The molecule has 0 aliphatic heterocycles. The summed E-state index contributed by atoms with van der Waals surface area (Å²) >= 11 is 0. The Labute approximate surface area is 123 Å². The number of carboxylic acid groups (broad SMARTS) is 1. The van der Waals surface area contributed by atoms with Crippen LogP contribution >= 0.6 is 0 Å². The monoisotopic (exact) mass is 288 g/mol. The van der Waals surface area contributed by atoms with Gasteiger partial charge in [0.05, 0.1) is 0 Å². The van der Waals surface area contributed by atoms with Gasteiger partial charge in [-0.25, -0.2) is 4.79 Å². The number of carbonyl (C=O) groups is 2. The van der Waals surface area contributed by atoms with Crippen molar-refractivity contribution >= 4 is 22.8 Å². The molecule has 1 unspecified atom stereocenters. The molecule has 1 heterocycles. The Kier molecular flexibility index (Phi) is 4.62. The second-order valence-corrected chi connectivity index (χ2v) is 5.27. The van der Waals surface area contributed by atoms with Gasteiger partial charge in [0.1, 0.15) is 6.04 Å². The molecule has 112 valence electrons. The molecule has 0 spiro atoms. The van der Waals surface area contributed by atoms with Gasteiger partial charge in [-0.1, -0.05) is 32.0 Å². The second-order valence-electron chi connectivity index (χ2n) is 5.27. The Morgan fingerprint density at radius 2 is 2.05 bits per heavy atom. The molecule has 0 saturated carbocycles. The minimum absolute atomic E-state index is 0.185. The summed E-state index contributed by atoms with van der Waals surface area (Å²) in [5, 5.41) is 12.9. The predicted octanol–water partition coefficient (Wildman–Crippen LogP) is 2.33. The van der Waals surface area contributed by atoms with Crippen LogP contribution < -0.4 is 5.32 Å². The lowest BCUT2D eigenvalue weighted by atomic mass is 10.0. The molecule has 2 aromatic rings. The second kappa shape index (κ2) is 6.43. The van der Waals surface area contributed by atoms with Gasteiger partial charge in [0, 0.05) is 29.4 Å². The van der Waals surface area contributed by atoms with Crippen LogP contribution in [0, 0.1) is 5.92 Å². The van der Waals surface area contributed by atoms with Gasteiger partial charge in [-0.3, -0.25) is 4.79 Å². The summed E-state index contributed by atoms with van der Waals surface area (Å²) in [6.45, 7) is 3.69. The molecule has 0 radical (unpaired) electrons. The Bertz CT molecular complexity index is 648. The summed E-state index contributed by atoms with van der Waals surface area (Å²) in [5.41, 5.74) is 1.85. The van der Waals surface area contributed by atoms with Crippen LogP contribution in [0.3, 0.4) is 0 Å². The lowest BCUT2D eigenvalue weighted by molar-refractivity contribution is -0.142. The molecule has 0 aliphatic rings. The molecular weight excluding hydrogens is 268 g/mol. The summed E-state index contributed by atoms with van der Waals surface area (Å²) in [4.78, 5) is 26.4. The van der Waals surface area contributed by atoms with Gasteiger partial charge in [-0.15, -0.1) is 0 Å². The van der Waals surface area contributed by atoms with Gasteiger partial charge in [0.2, 0.25) is 5.91 Å². The molecule has 2 atom stereocenters. The zero-order valence-corrected chi connectivity index (χ0v) is 12.2. The molecule has 0 aliphatic carbocycles. The van der Waals surface area contributed by atoms with Crippen LogP contribution in [-0.4, -0.2) is 28.0 Å². The van der Waals surface area contributed by atoms with Crippen LogP contribution in [0.15, 0.2) is 30.5 Å². The fourth-order valence-electron chi connectivity index (χ4n) is 2.22. The van der Waals surface area contributed by atoms with Crippen LogP contribution in [0.4, 0.5) is 0 Å². The molecule has 1 aromatic heterocycles. The third-order valence-electron chi connectivity index (χ3n) is 3.77. The van der Waals surface area contributed by atoms with Crippen molar-refractivity contribution in [2.75, 3.05) is 0 Å². The zero-order valence-electron chi connectivity index (χ0n) is 12.2. The summed E-state index contributed by atoms with van der Waals surface area (Å²) < 4.78 is 0. The van der Waals surface area contributed by atoms with E-state index >= 15 is 0 Å². The van der Waals surface area contributed by atoms with E-state index in [-0.39, 0.29) is 18.2 Å². The number of carboxylic acids is 1. The first kappa shape index (κ1) is 15.1. The first-order chi connectivity index (χ1) is 10.0. The summed E-state index contributed by atoms with van der Waals surface area (Å²) in [6.07, 6.45) is 2.75. The lowest BCUT2D eigenvalue weighted by Crippen LogP contribution is -2.44. The smallest absolute Gasteiger partial charge is 0.326 e. The summed E-state index contributed by atoms with van der Waals surface area (Å²) in [7, 11) is 0. The average molecular weight is 288 g/mol. The Balaban J connectivity index is 2.17. The number of hydrogen-bond donors (Lipinski definition) is 3. The van der Waals surface area contributed by atoms with E-state index in [1.165, 1.54) is 0 Å². The highest BCUT2D eigenvalue weighted by Gasteiger charge is 2.23. The number of benzene rings is 1. The number of hydrogen-bond acceptors (Lipinski definition) is 2. The van der Waals surface area contributed by atoms with Crippen molar-refractivity contribution < 1.29 is 14.7 Å². The van der Waals surface area contributed by atoms with Gasteiger partial charge >= 0.3 is 5.97 Å². The van der Waals surface area contributed by atoms with E-state index in [1.54, 1.807) is 13.1 Å². The average Bonchev–Trinajstić information content (AvgIpc) is 2.88. The SMILES string of the molecule is CCC(C)C(=O)N[C@@H](Cc1c[nH]c2ccccc12)C(=O)O. The molecule has 0 saturated heterocycles. The van der Waals surface area contributed by atoms with E-state index in [0.717, 1.165) is 16.5 Å². The highest BCUT2D eigenvalue weighted by molar-refractivity contribution is 5.87. The summed E-state index contributed by atoms with van der Waals surface area (Å²) in [5.74, 6) is -1.42. The maximum atomic E-state index is 11.9. The number of amides is 1. The molecule has 2 rings (SSSR count). The number of aliphatic carboxylic acids is 1. The first-order valence-corrected chi connectivity index (χ1v) is 7.11. The Morgan fingerprint density at radius 1 is 1.33 bits per heavy atom. The topological polar surface area (TPSA) is 82.2 Å². The molecule has 1 amide bonds. The Morgan fingerprint density at radius 3 is 2.71 bits per heavy atom. The fourth-order valence-corrected chi connectivity index (χ4v) is 2.22. The van der Waals surface area contributed by atoms with Crippen molar-refractivity contribution in [3.05, 3.63) is 36.0 Å². The number of aromatic amines is 1. The van der Waals surface area contributed by atoms with Crippen LogP contribution in [0.5, 0.6) is 0 Å². The quantitative estimate of drug-likeness (QED) is 0.763. The number of carbonyl (C=O) groups excluding carboxylic acids is 1. The normalized spacial score (nSPS) is 13.8. The number of H-pyrrole nitrogens is 1. The van der Waals surface area contributed by atoms with E-state index in [9.17, 15) is 14.7 Å². The molecule has 0 fully saturated rings. The van der Waals surface area contributed by atoms with Crippen molar-refractivity contribution in [2.45, 2.75) is 32.7 Å². The number of para-hydroxylation sites is 1. The van der Waals surface area contributed by atoms with E-state index < -0.39 is 12.0 Å². The lowest BCUT2D eigenvalue weighted by Gasteiger charge is -2.16. The highest BCUT2D eigenvalue weighted by Crippen LogP contribution is 2.19. The minimum atomic E-state index is -1.02. The third-order valence-corrected chi connectivity index (χ3v) is 3.77. The van der Waals surface area contributed by atoms with Crippen LogP contribution in [-0.2, 0) is 16.0 Å². The molecule has 1 aromatic carbocycles. The van der Waals surface area contributed by atoms with Crippen molar-refractivity contribution in [1.29, 1.82) is 0 Å². The van der Waals surface area contributed by atoms with Crippen LogP contribution in [0.25, 0.3) is 10.9 Å². The number of rotatable bonds is 6. The largest absolute Gasteiger partial charge is 0.480 e. The first-order valence-electron chi connectivity index (χ1n) is 7.11. The maximum absolute atomic E-state index is 11.9. The van der Waals surface area contributed by atoms with Gasteiger partial charge in [0.15, 0.2) is 0 Å². The molecular formula is C16H20N2O3. The molecule has 21 heavy (non-hydrogen) atoms. The number of aromatic nitrogens is 1. The van der Waals surface area contributed by atoms with Crippen molar-refractivity contribution in [3.8, 4) is 0 Å². The predicted molar refractivity (Wildman–Crippen MR) is 81.0 cm³/mol. The van der Waals surface area contributed by atoms with E-state index in [0.29, 0.717) is 6.42 Å². The highest BCUT2D eigenvalue weighted by atomic mass is 16.4. The van der Waals surface area contributed by atoms with Gasteiger partial charge in [0.25, 0.3) is 0 Å². The fraction of sp³-hybridized carbons (Fsp3) is 0.375. The zero-order chi connectivity index (χ0) is 15.4. The molecule has 5 nitrogen and oxygen atoms in total. The summed E-state index contributed by atoms with van der Waals surface area (Å²) in [6, 6.07) is 6.80. The standard InChI is InChI=1S/C16H20N2O3/c1-3-10(2)15(19)18-14(16(20)21)8-11-9-17-13-7-5-4-6-12(11)13/h4-7,9-10,14,17H,3,8H2,1-2H3,(H,18,19)(H,20,21)/t10?,14-/m0/s1. The van der Waals surface area contributed by atoms with Gasteiger partial charge < -0.3 is 15.4 Å². The molecule has 0 bridgehead atoms. The molecule has 3 N–H and O–H groups in total. The third kappa shape index (κ3) is 3.42. The van der Waals surface area contributed by atoms with Crippen molar-refractivity contribution in [2.24, 2.45) is 5.92 Å². The van der Waals surface area contributed by atoms with E-state index in [1.807, 2.05) is 31.2 Å². The minimum Gasteiger partial charge on any atom is -0.480 e. The number of fused-ring (bicyclic) bond motifs is 1. The van der Waals surface area contributed by atoms with Crippen molar-refractivity contribution in [3.63, 3.8) is 0 Å². The van der Waals surface area contributed by atoms with E-state index in [4.69, 9.17) is 0 Å². The van der Waals surface area contributed by atoms with Crippen LogP contribution in [0.1, 0.15) is 25.8 Å².